The van der Waals surface area contributed by atoms with E-state index < -0.39 is 0 Å². The molecule has 0 heterocycles. The molecule has 0 saturated heterocycles. The Bertz CT molecular complexity index is 632. The second-order valence-corrected chi connectivity index (χ2v) is 5.93. The van der Waals surface area contributed by atoms with Crippen molar-refractivity contribution in [2.75, 3.05) is 0 Å². The number of benzene rings is 2. The van der Waals surface area contributed by atoms with Crippen molar-refractivity contribution >= 4 is 16.8 Å². The number of fused-ring (bicyclic) bond motifs is 1. The van der Waals surface area contributed by atoms with Gasteiger partial charge in [0.05, 0.1) is 6.04 Å². The van der Waals surface area contributed by atoms with Gasteiger partial charge in [-0.05, 0) is 42.2 Å². The zero-order chi connectivity index (χ0) is 14.7. The zero-order valence-corrected chi connectivity index (χ0v) is 12.4. The minimum atomic E-state index is -0.0532. The van der Waals surface area contributed by atoms with Crippen molar-refractivity contribution in [3.8, 4) is 0 Å². The average molecular weight is 282 g/mol. The fraction of sp³-hybridized carbons (Fsp3) is 0.389. The summed E-state index contributed by atoms with van der Waals surface area (Å²) in [4.78, 5) is 12.0. The van der Waals surface area contributed by atoms with Gasteiger partial charge in [-0.3, -0.25) is 0 Å². The zero-order valence-electron chi connectivity index (χ0n) is 12.4. The first kappa shape index (κ1) is 13.9. The van der Waals surface area contributed by atoms with Gasteiger partial charge in [0.15, 0.2) is 0 Å². The molecule has 2 aromatic carbocycles. The first-order chi connectivity index (χ1) is 10.2. The van der Waals surface area contributed by atoms with Crippen molar-refractivity contribution < 1.29 is 4.79 Å². The highest BCUT2D eigenvalue weighted by Crippen LogP contribution is 2.21. The van der Waals surface area contributed by atoms with Crippen LogP contribution in [0.25, 0.3) is 10.8 Å². The SMILES string of the molecule is CC(NC(=O)NC1CCCC1)c1ccc2ccccc2c1. The first-order valence-corrected chi connectivity index (χ1v) is 7.78. The number of amides is 2. The lowest BCUT2D eigenvalue weighted by molar-refractivity contribution is 0.234. The highest BCUT2D eigenvalue weighted by molar-refractivity contribution is 5.83. The Morgan fingerprint density at radius 2 is 1.81 bits per heavy atom. The van der Waals surface area contributed by atoms with Gasteiger partial charge in [0.1, 0.15) is 0 Å². The van der Waals surface area contributed by atoms with Crippen LogP contribution in [0.3, 0.4) is 0 Å². The summed E-state index contributed by atoms with van der Waals surface area (Å²) in [6, 6.07) is 14.9. The molecule has 1 fully saturated rings. The van der Waals surface area contributed by atoms with E-state index >= 15 is 0 Å². The van der Waals surface area contributed by atoms with E-state index in [4.69, 9.17) is 0 Å². The number of hydrogen-bond acceptors (Lipinski definition) is 1. The van der Waals surface area contributed by atoms with Crippen molar-refractivity contribution in [2.24, 2.45) is 0 Å². The highest BCUT2D eigenvalue weighted by atomic mass is 16.2. The van der Waals surface area contributed by atoms with Crippen molar-refractivity contribution in [3.63, 3.8) is 0 Å². The van der Waals surface area contributed by atoms with Crippen LogP contribution in [0.15, 0.2) is 42.5 Å². The van der Waals surface area contributed by atoms with Crippen molar-refractivity contribution in [3.05, 3.63) is 48.0 Å². The fourth-order valence-electron chi connectivity index (χ4n) is 3.05. The van der Waals surface area contributed by atoms with E-state index in [1.165, 1.54) is 23.6 Å². The molecule has 1 atom stereocenters. The van der Waals surface area contributed by atoms with Gasteiger partial charge in [0.2, 0.25) is 0 Å². The molecule has 3 nitrogen and oxygen atoms in total. The van der Waals surface area contributed by atoms with Crippen LogP contribution in [0.2, 0.25) is 0 Å². The number of carbonyl (C=O) groups is 1. The minimum Gasteiger partial charge on any atom is -0.335 e. The smallest absolute Gasteiger partial charge is 0.315 e. The fourth-order valence-corrected chi connectivity index (χ4v) is 3.05. The van der Waals surface area contributed by atoms with Crippen LogP contribution in [0.5, 0.6) is 0 Å². The lowest BCUT2D eigenvalue weighted by Crippen LogP contribution is -2.41. The van der Waals surface area contributed by atoms with Gasteiger partial charge >= 0.3 is 6.03 Å². The molecule has 1 aliphatic carbocycles. The molecule has 0 radical (unpaired) electrons. The van der Waals surface area contributed by atoms with Crippen molar-refractivity contribution in [1.29, 1.82) is 0 Å². The molecule has 3 heteroatoms. The lowest BCUT2D eigenvalue weighted by Gasteiger charge is -2.18. The Hall–Kier alpha value is -2.03. The van der Waals surface area contributed by atoms with Crippen LogP contribution in [0, 0.1) is 0 Å². The Balaban J connectivity index is 1.65. The standard InChI is InChI=1S/C18H22N2O/c1-13(19-18(21)20-17-8-4-5-9-17)15-11-10-14-6-2-3-7-16(14)12-15/h2-3,6-7,10-13,17H,4-5,8-9H2,1H3,(H2,19,20,21). The van der Waals surface area contributed by atoms with E-state index in [2.05, 4.69) is 41.0 Å². The molecule has 0 aromatic heterocycles. The summed E-state index contributed by atoms with van der Waals surface area (Å²) >= 11 is 0. The quantitative estimate of drug-likeness (QED) is 0.872. The van der Waals surface area contributed by atoms with Crippen LogP contribution >= 0.6 is 0 Å². The molecular weight excluding hydrogens is 260 g/mol. The van der Waals surface area contributed by atoms with Gasteiger partial charge in [-0.15, -0.1) is 0 Å². The van der Waals surface area contributed by atoms with E-state index in [9.17, 15) is 4.79 Å². The van der Waals surface area contributed by atoms with Crippen molar-refractivity contribution in [2.45, 2.75) is 44.7 Å². The third-order valence-electron chi connectivity index (χ3n) is 4.31. The van der Waals surface area contributed by atoms with Gasteiger partial charge in [0, 0.05) is 6.04 Å². The summed E-state index contributed by atoms with van der Waals surface area (Å²) in [5.41, 5.74) is 1.13. The van der Waals surface area contributed by atoms with Gasteiger partial charge in [-0.2, -0.15) is 0 Å². The number of rotatable bonds is 3. The number of urea groups is 1. The maximum absolute atomic E-state index is 12.0. The summed E-state index contributed by atoms with van der Waals surface area (Å²) in [6.45, 7) is 2.03. The predicted molar refractivity (Wildman–Crippen MR) is 86.3 cm³/mol. The molecular formula is C18H22N2O. The molecule has 110 valence electrons. The summed E-state index contributed by atoms with van der Waals surface area (Å²) in [7, 11) is 0. The summed E-state index contributed by atoms with van der Waals surface area (Å²) < 4.78 is 0. The molecule has 0 aliphatic heterocycles. The average Bonchev–Trinajstić information content (AvgIpc) is 2.99. The monoisotopic (exact) mass is 282 g/mol. The third-order valence-corrected chi connectivity index (χ3v) is 4.31. The van der Waals surface area contributed by atoms with Gasteiger partial charge in [-0.25, -0.2) is 4.79 Å². The minimum absolute atomic E-state index is 0.0102. The van der Waals surface area contributed by atoms with Crippen LogP contribution in [-0.2, 0) is 0 Å². The van der Waals surface area contributed by atoms with Crippen molar-refractivity contribution in [1.82, 2.24) is 10.6 Å². The molecule has 2 amide bonds. The van der Waals surface area contributed by atoms with E-state index in [1.807, 2.05) is 19.1 Å². The molecule has 2 aromatic rings. The van der Waals surface area contributed by atoms with Crippen LogP contribution in [-0.4, -0.2) is 12.1 Å². The Morgan fingerprint density at radius 1 is 1.10 bits per heavy atom. The second-order valence-electron chi connectivity index (χ2n) is 5.93. The molecule has 1 unspecified atom stereocenters. The van der Waals surface area contributed by atoms with Crippen LogP contribution < -0.4 is 10.6 Å². The molecule has 2 N–H and O–H groups in total. The molecule has 3 rings (SSSR count). The Labute approximate surface area is 125 Å². The Kier molecular flexibility index (Phi) is 4.09. The van der Waals surface area contributed by atoms with E-state index in [0.29, 0.717) is 6.04 Å². The number of nitrogens with one attached hydrogen (secondary N) is 2. The van der Waals surface area contributed by atoms with Gasteiger partial charge < -0.3 is 10.6 Å². The van der Waals surface area contributed by atoms with Gasteiger partial charge in [0.25, 0.3) is 0 Å². The topological polar surface area (TPSA) is 41.1 Å². The third kappa shape index (κ3) is 3.35. The molecule has 21 heavy (non-hydrogen) atoms. The maximum Gasteiger partial charge on any atom is 0.315 e. The van der Waals surface area contributed by atoms with E-state index in [0.717, 1.165) is 18.4 Å². The maximum atomic E-state index is 12.0. The van der Waals surface area contributed by atoms with Crippen LogP contribution in [0.4, 0.5) is 4.79 Å². The largest absolute Gasteiger partial charge is 0.335 e. The highest BCUT2D eigenvalue weighted by Gasteiger charge is 2.18. The molecule has 0 spiro atoms. The lowest BCUT2D eigenvalue weighted by atomic mass is 10.0. The second kappa shape index (κ2) is 6.17. The Morgan fingerprint density at radius 3 is 2.57 bits per heavy atom. The van der Waals surface area contributed by atoms with Crippen LogP contribution in [0.1, 0.15) is 44.2 Å². The normalized spacial score (nSPS) is 16.8. The first-order valence-electron chi connectivity index (χ1n) is 7.78. The van der Waals surface area contributed by atoms with E-state index in [-0.39, 0.29) is 12.1 Å². The summed E-state index contributed by atoms with van der Waals surface area (Å²) in [5, 5.41) is 8.54. The van der Waals surface area contributed by atoms with Gasteiger partial charge in [-0.1, -0.05) is 49.2 Å². The van der Waals surface area contributed by atoms with E-state index in [1.54, 1.807) is 0 Å². The number of hydrogen-bond donors (Lipinski definition) is 2. The molecule has 1 saturated carbocycles. The number of carbonyl (C=O) groups excluding carboxylic acids is 1. The molecule has 1 aliphatic rings. The summed E-state index contributed by atoms with van der Waals surface area (Å²) in [5.74, 6) is 0. The summed E-state index contributed by atoms with van der Waals surface area (Å²) in [6.07, 6.45) is 4.67. The predicted octanol–water partition coefficient (Wildman–Crippen LogP) is 4.14. The molecule has 0 bridgehead atoms.